The van der Waals surface area contributed by atoms with Crippen molar-refractivity contribution < 1.29 is 9.59 Å². The van der Waals surface area contributed by atoms with E-state index >= 15 is 0 Å². The molecule has 1 aliphatic heterocycles. The van der Waals surface area contributed by atoms with Gasteiger partial charge in [0, 0.05) is 4.47 Å². The van der Waals surface area contributed by atoms with Crippen molar-refractivity contribution in [2.45, 2.75) is 31.3 Å². The molecule has 2 aromatic carbocycles. The van der Waals surface area contributed by atoms with Crippen LogP contribution in [0.5, 0.6) is 0 Å². The number of aryl methyl sites for hydroxylation is 1. The van der Waals surface area contributed by atoms with Crippen molar-refractivity contribution in [1.82, 2.24) is 10.2 Å². The minimum atomic E-state index is -0.896. The monoisotopic (exact) mass is 384 g/mol. The first-order valence-electron chi connectivity index (χ1n) is 8.08. The molecule has 4 rings (SSSR count). The Morgan fingerprint density at radius 3 is 2.67 bits per heavy atom. The average molecular weight is 385 g/mol. The second kappa shape index (κ2) is 5.74. The van der Waals surface area contributed by atoms with E-state index in [9.17, 15) is 9.59 Å². The van der Waals surface area contributed by atoms with Crippen LogP contribution in [0.15, 0.2) is 53.0 Å². The number of hydrogen-bond donors (Lipinski definition) is 1. The summed E-state index contributed by atoms with van der Waals surface area (Å²) in [5, 5.41) is 2.99. The number of nitrogens with one attached hydrogen (secondary N) is 1. The van der Waals surface area contributed by atoms with E-state index in [-0.39, 0.29) is 18.5 Å². The van der Waals surface area contributed by atoms with Crippen LogP contribution >= 0.6 is 15.9 Å². The van der Waals surface area contributed by atoms with E-state index in [1.54, 1.807) is 0 Å². The van der Waals surface area contributed by atoms with Gasteiger partial charge in [-0.3, -0.25) is 9.69 Å². The molecule has 1 fully saturated rings. The van der Waals surface area contributed by atoms with Crippen molar-refractivity contribution in [3.05, 3.63) is 69.7 Å². The summed E-state index contributed by atoms with van der Waals surface area (Å²) in [5.41, 5.74) is 2.12. The number of benzene rings is 2. The molecule has 2 aromatic rings. The lowest BCUT2D eigenvalue weighted by Gasteiger charge is -2.33. The summed E-state index contributed by atoms with van der Waals surface area (Å²) < 4.78 is 0.899. The van der Waals surface area contributed by atoms with Crippen LogP contribution < -0.4 is 5.32 Å². The number of nitrogens with zero attached hydrogens (tertiary/aromatic N) is 1. The Bertz CT molecular complexity index is 836. The maximum Gasteiger partial charge on any atom is 0.325 e. The molecule has 1 spiro atoms. The normalized spacial score (nSPS) is 22.6. The van der Waals surface area contributed by atoms with E-state index in [2.05, 4.69) is 21.2 Å². The molecule has 2 aliphatic rings. The largest absolute Gasteiger partial charge is 0.325 e. The minimum Gasteiger partial charge on any atom is -0.319 e. The van der Waals surface area contributed by atoms with Gasteiger partial charge in [0.2, 0.25) is 0 Å². The molecule has 1 aliphatic carbocycles. The molecule has 1 N–H and O–H groups in total. The molecule has 4 nitrogen and oxygen atoms in total. The van der Waals surface area contributed by atoms with Crippen molar-refractivity contribution in [2.24, 2.45) is 0 Å². The summed E-state index contributed by atoms with van der Waals surface area (Å²) in [6.07, 6.45) is 2.50. The van der Waals surface area contributed by atoms with Gasteiger partial charge in [-0.25, -0.2) is 4.79 Å². The van der Waals surface area contributed by atoms with Gasteiger partial charge in [-0.1, -0.05) is 58.4 Å². The van der Waals surface area contributed by atoms with Crippen LogP contribution in [0.25, 0.3) is 0 Å². The minimum absolute atomic E-state index is 0.143. The Morgan fingerprint density at radius 2 is 1.83 bits per heavy atom. The lowest BCUT2D eigenvalue weighted by molar-refractivity contribution is -0.132. The number of halogens is 1. The van der Waals surface area contributed by atoms with Crippen LogP contribution in [0.3, 0.4) is 0 Å². The molecular formula is C19H17BrN2O2. The number of carbonyl (C=O) groups is 2. The Kier molecular flexibility index (Phi) is 3.68. The average Bonchev–Trinajstić information content (AvgIpc) is 2.82. The smallest absolute Gasteiger partial charge is 0.319 e. The number of carbonyl (C=O) groups excluding carboxylic acids is 2. The van der Waals surface area contributed by atoms with Gasteiger partial charge < -0.3 is 5.32 Å². The van der Waals surface area contributed by atoms with Crippen LogP contribution in [-0.2, 0) is 23.3 Å². The highest BCUT2D eigenvalue weighted by Crippen LogP contribution is 2.40. The third-order valence-corrected chi connectivity index (χ3v) is 5.71. The first kappa shape index (κ1) is 15.4. The first-order chi connectivity index (χ1) is 11.6. The van der Waals surface area contributed by atoms with Crippen LogP contribution in [0.1, 0.15) is 29.5 Å². The van der Waals surface area contributed by atoms with Gasteiger partial charge in [0.1, 0.15) is 5.54 Å². The van der Waals surface area contributed by atoms with E-state index in [4.69, 9.17) is 0 Å². The molecule has 0 bridgehead atoms. The van der Waals surface area contributed by atoms with E-state index in [0.29, 0.717) is 6.42 Å². The van der Waals surface area contributed by atoms with Gasteiger partial charge in [-0.05, 0) is 42.0 Å². The maximum absolute atomic E-state index is 13.2. The summed E-state index contributed by atoms with van der Waals surface area (Å²) in [6, 6.07) is 15.3. The zero-order valence-electron chi connectivity index (χ0n) is 13.1. The number of rotatable bonds is 2. The summed E-state index contributed by atoms with van der Waals surface area (Å²) in [7, 11) is 0. The SMILES string of the molecule is O=C1N[C@@]2(CCCc3ccccc32)C(=O)N1Cc1ccccc1Br. The quantitative estimate of drug-likeness (QED) is 0.801. The van der Waals surface area contributed by atoms with Crippen LogP contribution in [0.4, 0.5) is 4.79 Å². The maximum atomic E-state index is 13.2. The zero-order chi connectivity index (χ0) is 16.7. The van der Waals surface area contributed by atoms with Gasteiger partial charge in [0.05, 0.1) is 6.54 Å². The standard InChI is InChI=1S/C19H17BrN2O2/c20-16-10-4-2-7-14(16)12-22-17(23)19(21-18(22)24)11-5-8-13-6-1-3-9-15(13)19/h1-4,6-7,9-10H,5,8,11-12H2,(H,21,24)/t19-/m1/s1. The van der Waals surface area contributed by atoms with Crippen molar-refractivity contribution >= 4 is 27.9 Å². The molecule has 24 heavy (non-hydrogen) atoms. The molecule has 5 heteroatoms. The van der Waals surface area contributed by atoms with Crippen LogP contribution in [0, 0.1) is 0 Å². The Morgan fingerprint density at radius 1 is 1.08 bits per heavy atom. The molecule has 0 radical (unpaired) electrons. The Balaban J connectivity index is 1.71. The van der Waals surface area contributed by atoms with Gasteiger partial charge in [0.15, 0.2) is 0 Å². The topological polar surface area (TPSA) is 49.4 Å². The predicted octanol–water partition coefficient (Wildman–Crippen LogP) is 3.73. The molecule has 122 valence electrons. The summed E-state index contributed by atoms with van der Waals surface area (Å²) >= 11 is 3.49. The fourth-order valence-corrected chi connectivity index (χ4v) is 4.16. The summed E-state index contributed by atoms with van der Waals surface area (Å²) in [4.78, 5) is 27.1. The lowest BCUT2D eigenvalue weighted by atomic mass is 9.76. The highest BCUT2D eigenvalue weighted by Gasteiger charge is 2.53. The molecule has 0 unspecified atom stereocenters. The lowest BCUT2D eigenvalue weighted by Crippen LogP contribution is -2.46. The van der Waals surface area contributed by atoms with Crippen molar-refractivity contribution in [3.8, 4) is 0 Å². The number of hydrogen-bond acceptors (Lipinski definition) is 2. The second-order valence-corrected chi connectivity index (χ2v) is 7.18. The van der Waals surface area contributed by atoms with Crippen molar-refractivity contribution in [1.29, 1.82) is 0 Å². The molecular weight excluding hydrogens is 368 g/mol. The van der Waals surface area contributed by atoms with Gasteiger partial charge >= 0.3 is 6.03 Å². The molecule has 0 saturated carbocycles. The first-order valence-corrected chi connectivity index (χ1v) is 8.87. The van der Waals surface area contributed by atoms with Gasteiger partial charge in [-0.15, -0.1) is 0 Å². The summed E-state index contributed by atoms with van der Waals surface area (Å²) in [5.74, 6) is -0.143. The van der Waals surface area contributed by atoms with Gasteiger partial charge in [0.25, 0.3) is 5.91 Å². The summed E-state index contributed by atoms with van der Waals surface area (Å²) in [6.45, 7) is 0.274. The third-order valence-electron chi connectivity index (χ3n) is 4.94. The van der Waals surface area contributed by atoms with Crippen LogP contribution in [0.2, 0.25) is 0 Å². The molecule has 1 atom stereocenters. The van der Waals surface area contributed by atoms with Gasteiger partial charge in [-0.2, -0.15) is 0 Å². The second-order valence-electron chi connectivity index (χ2n) is 6.33. The number of urea groups is 1. The molecule has 1 heterocycles. The Hall–Kier alpha value is -2.14. The fraction of sp³-hybridized carbons (Fsp3) is 0.263. The van der Waals surface area contributed by atoms with E-state index in [0.717, 1.165) is 34.0 Å². The molecule has 3 amide bonds. The molecule has 1 saturated heterocycles. The predicted molar refractivity (Wildman–Crippen MR) is 94.3 cm³/mol. The molecule has 0 aromatic heterocycles. The van der Waals surface area contributed by atoms with Crippen LogP contribution in [-0.4, -0.2) is 16.8 Å². The van der Waals surface area contributed by atoms with E-state index < -0.39 is 5.54 Å². The van der Waals surface area contributed by atoms with Crippen molar-refractivity contribution in [2.75, 3.05) is 0 Å². The fourth-order valence-electron chi connectivity index (χ4n) is 3.75. The van der Waals surface area contributed by atoms with E-state index in [1.807, 2.05) is 48.5 Å². The number of imide groups is 1. The third kappa shape index (κ3) is 2.26. The number of fused-ring (bicyclic) bond motifs is 2. The van der Waals surface area contributed by atoms with Crippen molar-refractivity contribution in [3.63, 3.8) is 0 Å². The van der Waals surface area contributed by atoms with E-state index in [1.165, 1.54) is 4.90 Å². The highest BCUT2D eigenvalue weighted by molar-refractivity contribution is 9.10. The number of amides is 3. The highest BCUT2D eigenvalue weighted by atomic mass is 79.9. The Labute approximate surface area is 149 Å². The zero-order valence-corrected chi connectivity index (χ0v) is 14.7.